The van der Waals surface area contributed by atoms with E-state index in [1.165, 1.54) is 12.1 Å². The van der Waals surface area contributed by atoms with Crippen LogP contribution in [0.3, 0.4) is 0 Å². The molecule has 184 valence electrons. The molecule has 4 aromatic rings. The number of amides is 1. The fourth-order valence-electron chi connectivity index (χ4n) is 4.33. The number of nitrogens with one attached hydrogen (secondary N) is 2. The highest BCUT2D eigenvalue weighted by atomic mass is 16.7. The summed E-state index contributed by atoms with van der Waals surface area (Å²) in [5, 5.41) is 21.8. The Kier molecular flexibility index (Phi) is 5.26. The highest BCUT2D eigenvalue weighted by Gasteiger charge is 2.35. The summed E-state index contributed by atoms with van der Waals surface area (Å²) in [7, 11) is 0. The van der Waals surface area contributed by atoms with Gasteiger partial charge in [0.05, 0.1) is 22.4 Å². The molecule has 0 spiro atoms. The number of hydrogen-bond acceptors (Lipinski definition) is 9. The number of nitro benzene ring substituents is 1. The molecule has 0 bridgehead atoms. The monoisotopic (exact) mass is 497 g/mol. The Morgan fingerprint density at radius 2 is 1.97 bits per heavy atom. The van der Waals surface area contributed by atoms with Gasteiger partial charge in [0.25, 0.3) is 11.6 Å². The summed E-state index contributed by atoms with van der Waals surface area (Å²) in [6.45, 7) is 1.91. The van der Waals surface area contributed by atoms with E-state index < -0.39 is 11.0 Å². The van der Waals surface area contributed by atoms with Crippen LogP contribution in [0.15, 0.2) is 78.3 Å². The lowest BCUT2D eigenvalue weighted by Gasteiger charge is -2.28. The van der Waals surface area contributed by atoms with Crippen molar-refractivity contribution < 1.29 is 19.2 Å². The van der Waals surface area contributed by atoms with Gasteiger partial charge in [-0.15, -0.1) is 5.10 Å². The van der Waals surface area contributed by atoms with E-state index in [1.807, 2.05) is 12.1 Å². The molecule has 6 rings (SSSR count). The number of rotatable bonds is 5. The van der Waals surface area contributed by atoms with Gasteiger partial charge in [0.2, 0.25) is 12.7 Å². The first-order chi connectivity index (χ1) is 18.0. The van der Waals surface area contributed by atoms with Gasteiger partial charge >= 0.3 is 0 Å². The molecular formula is C25H19N7O5. The van der Waals surface area contributed by atoms with E-state index in [4.69, 9.17) is 14.6 Å². The minimum absolute atomic E-state index is 0.0315. The van der Waals surface area contributed by atoms with Crippen LogP contribution in [0, 0.1) is 10.1 Å². The Bertz CT molecular complexity index is 1560. The molecule has 1 unspecified atom stereocenters. The zero-order valence-corrected chi connectivity index (χ0v) is 19.4. The van der Waals surface area contributed by atoms with E-state index in [0.29, 0.717) is 45.8 Å². The lowest BCUT2D eigenvalue weighted by atomic mass is 9.94. The maximum absolute atomic E-state index is 13.6. The van der Waals surface area contributed by atoms with E-state index in [2.05, 4.69) is 20.6 Å². The van der Waals surface area contributed by atoms with Gasteiger partial charge < -0.3 is 20.1 Å². The molecule has 0 fully saturated rings. The first-order valence-corrected chi connectivity index (χ1v) is 11.3. The summed E-state index contributed by atoms with van der Waals surface area (Å²) in [6, 6.07) is 14.3. The van der Waals surface area contributed by atoms with Gasteiger partial charge in [0.1, 0.15) is 6.04 Å². The van der Waals surface area contributed by atoms with Crippen molar-refractivity contribution in [3.8, 4) is 22.9 Å². The largest absolute Gasteiger partial charge is 0.454 e. The molecule has 2 N–H and O–H groups in total. The van der Waals surface area contributed by atoms with Crippen molar-refractivity contribution in [2.24, 2.45) is 0 Å². The minimum Gasteiger partial charge on any atom is -0.454 e. The number of carbonyl (C=O) groups is 1. The third kappa shape index (κ3) is 3.99. The molecule has 4 heterocycles. The molecule has 0 saturated heterocycles. The number of allylic oxidation sites excluding steroid dienone is 1. The van der Waals surface area contributed by atoms with Crippen LogP contribution in [-0.2, 0) is 4.79 Å². The fraction of sp³-hybridized carbons (Fsp3) is 0.120. The van der Waals surface area contributed by atoms with E-state index in [0.717, 1.165) is 5.56 Å². The summed E-state index contributed by atoms with van der Waals surface area (Å²) in [4.78, 5) is 32.8. The van der Waals surface area contributed by atoms with E-state index >= 15 is 0 Å². The Labute approximate surface area is 209 Å². The normalized spacial score (nSPS) is 15.6. The fourth-order valence-corrected chi connectivity index (χ4v) is 4.33. The molecule has 0 saturated carbocycles. The molecular weight excluding hydrogens is 478 g/mol. The maximum atomic E-state index is 13.6. The van der Waals surface area contributed by atoms with E-state index in [9.17, 15) is 14.9 Å². The molecule has 12 heteroatoms. The van der Waals surface area contributed by atoms with Gasteiger partial charge in [-0.3, -0.25) is 19.9 Å². The molecule has 1 amide bonds. The van der Waals surface area contributed by atoms with Crippen LogP contribution in [0.4, 0.5) is 17.3 Å². The topological polar surface area (TPSA) is 146 Å². The van der Waals surface area contributed by atoms with Gasteiger partial charge in [-0.2, -0.15) is 4.98 Å². The first kappa shape index (κ1) is 22.2. The SMILES string of the molecule is CC1=C(C(=O)Nc2cccnc2)C(c2ccc3c(c2)OCO3)n2nc(-c3ccc([N+](=O)[O-])cc3)nc2N1. The second-order valence-electron chi connectivity index (χ2n) is 8.38. The number of nitrogens with zero attached hydrogens (tertiary/aromatic N) is 5. The molecule has 0 radical (unpaired) electrons. The van der Waals surface area contributed by atoms with Crippen molar-refractivity contribution in [2.75, 3.05) is 17.4 Å². The Morgan fingerprint density at radius 3 is 2.73 bits per heavy atom. The summed E-state index contributed by atoms with van der Waals surface area (Å²) >= 11 is 0. The van der Waals surface area contributed by atoms with Gasteiger partial charge in [-0.05, 0) is 48.9 Å². The van der Waals surface area contributed by atoms with Crippen LogP contribution >= 0.6 is 0 Å². The zero-order valence-electron chi connectivity index (χ0n) is 19.4. The lowest BCUT2D eigenvalue weighted by Crippen LogP contribution is -2.31. The second-order valence-corrected chi connectivity index (χ2v) is 8.38. The van der Waals surface area contributed by atoms with Gasteiger partial charge in [0, 0.05) is 29.6 Å². The number of anilines is 2. The van der Waals surface area contributed by atoms with Crippen LogP contribution in [-0.4, -0.2) is 37.4 Å². The number of aromatic nitrogens is 4. The molecule has 2 aromatic heterocycles. The average Bonchev–Trinajstić information content (AvgIpc) is 3.55. The van der Waals surface area contributed by atoms with Crippen LogP contribution in [0.5, 0.6) is 11.5 Å². The zero-order chi connectivity index (χ0) is 25.5. The quantitative estimate of drug-likeness (QED) is 0.309. The van der Waals surface area contributed by atoms with Crippen LogP contribution in [0.2, 0.25) is 0 Å². The number of pyridine rings is 1. The number of fused-ring (bicyclic) bond motifs is 2. The number of ether oxygens (including phenoxy) is 2. The number of nitro groups is 1. The minimum atomic E-state index is -0.651. The molecule has 2 aromatic carbocycles. The van der Waals surface area contributed by atoms with Crippen molar-refractivity contribution in [3.05, 3.63) is 93.9 Å². The highest BCUT2D eigenvalue weighted by Crippen LogP contribution is 2.41. The summed E-state index contributed by atoms with van der Waals surface area (Å²) < 4.78 is 12.7. The Balaban J connectivity index is 1.44. The molecule has 0 aliphatic carbocycles. The highest BCUT2D eigenvalue weighted by molar-refractivity contribution is 6.06. The summed E-state index contributed by atoms with van der Waals surface area (Å²) in [5.74, 6) is 1.62. The number of carbonyl (C=O) groups excluding carboxylic acids is 1. The predicted molar refractivity (Wildman–Crippen MR) is 132 cm³/mol. The first-order valence-electron chi connectivity index (χ1n) is 11.3. The third-order valence-electron chi connectivity index (χ3n) is 6.07. The molecule has 12 nitrogen and oxygen atoms in total. The van der Waals surface area contributed by atoms with Gasteiger partial charge in [0.15, 0.2) is 17.3 Å². The van der Waals surface area contributed by atoms with Crippen molar-refractivity contribution in [2.45, 2.75) is 13.0 Å². The van der Waals surface area contributed by atoms with Gasteiger partial charge in [-0.1, -0.05) is 6.07 Å². The average molecular weight is 497 g/mol. The van der Waals surface area contributed by atoms with Crippen LogP contribution < -0.4 is 20.1 Å². The molecule has 37 heavy (non-hydrogen) atoms. The van der Waals surface area contributed by atoms with Crippen LogP contribution in [0.25, 0.3) is 11.4 Å². The molecule has 2 aliphatic rings. The molecule has 2 aliphatic heterocycles. The van der Waals surface area contributed by atoms with E-state index in [1.54, 1.807) is 54.3 Å². The summed E-state index contributed by atoms with van der Waals surface area (Å²) in [6.07, 6.45) is 3.19. The Hall–Kier alpha value is -5.26. The van der Waals surface area contributed by atoms with Crippen molar-refractivity contribution in [1.29, 1.82) is 0 Å². The number of non-ortho nitro benzene ring substituents is 1. The van der Waals surface area contributed by atoms with E-state index in [-0.39, 0.29) is 18.4 Å². The van der Waals surface area contributed by atoms with Crippen molar-refractivity contribution in [1.82, 2.24) is 19.7 Å². The second kappa shape index (κ2) is 8.75. The predicted octanol–water partition coefficient (Wildman–Crippen LogP) is 3.90. The lowest BCUT2D eigenvalue weighted by molar-refractivity contribution is -0.384. The molecule has 1 atom stereocenters. The number of benzene rings is 2. The summed E-state index contributed by atoms with van der Waals surface area (Å²) in [5.41, 5.74) is 2.87. The smallest absolute Gasteiger partial charge is 0.269 e. The Morgan fingerprint density at radius 1 is 1.16 bits per heavy atom. The van der Waals surface area contributed by atoms with Crippen LogP contribution in [0.1, 0.15) is 18.5 Å². The third-order valence-corrected chi connectivity index (χ3v) is 6.07. The standard InChI is InChI=1S/C25H19N7O5/c1-14-21(24(33)28-17-3-2-10-26-12-17)22(16-6-9-19-20(11-16)37-13-36-19)31-25(27-14)29-23(30-31)15-4-7-18(8-5-15)32(34)35/h2-12,22H,13H2,1H3,(H,28,33)(H,27,29,30). The van der Waals surface area contributed by atoms with Crippen molar-refractivity contribution >= 4 is 23.2 Å². The van der Waals surface area contributed by atoms with Gasteiger partial charge in [-0.25, -0.2) is 4.68 Å². The number of hydrogen-bond donors (Lipinski definition) is 2. The van der Waals surface area contributed by atoms with Crippen molar-refractivity contribution in [3.63, 3.8) is 0 Å². The maximum Gasteiger partial charge on any atom is 0.269 e.